The van der Waals surface area contributed by atoms with Crippen molar-refractivity contribution in [2.75, 3.05) is 6.26 Å². The van der Waals surface area contributed by atoms with Crippen molar-refractivity contribution in [3.63, 3.8) is 0 Å². The molecule has 0 aliphatic rings. The smallest absolute Gasteiger partial charge is 0.241 e. The number of nitrogens with zero attached hydrogens (tertiary/aromatic N) is 1. The number of sulfone groups is 1. The van der Waals surface area contributed by atoms with Crippen LogP contribution in [0.15, 0.2) is 53.7 Å². The molecular formula is C17H15N3O3S. The van der Waals surface area contributed by atoms with Crippen molar-refractivity contribution in [1.29, 1.82) is 0 Å². The number of carbonyl (C=O) groups excluding carboxylic acids is 1. The van der Waals surface area contributed by atoms with Crippen LogP contribution in [-0.2, 0) is 14.6 Å². The van der Waals surface area contributed by atoms with Crippen LogP contribution in [0.25, 0.3) is 28.2 Å². The molecule has 24 heavy (non-hydrogen) atoms. The van der Waals surface area contributed by atoms with Gasteiger partial charge in [0, 0.05) is 41.2 Å². The molecule has 3 rings (SSSR count). The Hall–Kier alpha value is -2.93. The molecule has 3 N–H and O–H groups in total. The first-order valence-electron chi connectivity index (χ1n) is 7.10. The van der Waals surface area contributed by atoms with Crippen molar-refractivity contribution in [3.05, 3.63) is 54.4 Å². The highest BCUT2D eigenvalue weighted by atomic mass is 32.2. The molecule has 0 aliphatic carbocycles. The molecule has 6 nitrogen and oxygen atoms in total. The molecule has 0 atom stereocenters. The predicted molar refractivity (Wildman–Crippen MR) is 92.9 cm³/mol. The number of amides is 1. The molecule has 1 aromatic carbocycles. The Morgan fingerprint density at radius 2 is 1.92 bits per heavy atom. The van der Waals surface area contributed by atoms with Crippen molar-refractivity contribution < 1.29 is 13.2 Å². The quantitative estimate of drug-likeness (QED) is 0.709. The summed E-state index contributed by atoms with van der Waals surface area (Å²) in [7, 11) is -3.22. The topological polar surface area (TPSA) is 106 Å². The average molecular weight is 341 g/mol. The van der Waals surface area contributed by atoms with Crippen LogP contribution in [0.5, 0.6) is 0 Å². The summed E-state index contributed by atoms with van der Waals surface area (Å²) in [4.78, 5) is 18.5. The fraction of sp³-hybridized carbons (Fsp3) is 0.0588. The number of H-pyrrole nitrogens is 1. The first kappa shape index (κ1) is 15.9. The summed E-state index contributed by atoms with van der Waals surface area (Å²) in [6, 6.07) is 8.55. The fourth-order valence-electron chi connectivity index (χ4n) is 2.39. The van der Waals surface area contributed by atoms with E-state index in [0.717, 1.165) is 22.1 Å². The third-order valence-corrected chi connectivity index (χ3v) is 4.73. The number of aromatic amines is 1. The molecule has 7 heteroatoms. The Morgan fingerprint density at radius 3 is 2.54 bits per heavy atom. The van der Waals surface area contributed by atoms with Gasteiger partial charge in [0.05, 0.1) is 4.90 Å². The molecule has 0 aliphatic heterocycles. The van der Waals surface area contributed by atoms with E-state index in [2.05, 4.69) is 9.97 Å². The minimum absolute atomic E-state index is 0.270. The van der Waals surface area contributed by atoms with E-state index in [4.69, 9.17) is 5.73 Å². The van der Waals surface area contributed by atoms with E-state index < -0.39 is 15.7 Å². The van der Waals surface area contributed by atoms with Crippen molar-refractivity contribution in [3.8, 4) is 11.1 Å². The van der Waals surface area contributed by atoms with Gasteiger partial charge in [0.2, 0.25) is 5.91 Å². The number of fused-ring (bicyclic) bond motifs is 1. The van der Waals surface area contributed by atoms with E-state index in [1.807, 2.05) is 6.07 Å². The number of nitrogens with one attached hydrogen (secondary N) is 1. The maximum atomic E-state index is 11.5. The van der Waals surface area contributed by atoms with Gasteiger partial charge >= 0.3 is 0 Å². The number of benzene rings is 1. The summed E-state index contributed by atoms with van der Waals surface area (Å²) in [6.45, 7) is 0. The number of rotatable bonds is 4. The molecule has 2 heterocycles. The number of pyridine rings is 1. The summed E-state index contributed by atoms with van der Waals surface area (Å²) < 4.78 is 23.1. The standard InChI is InChI=1S/C17H15N3O3S/c1-24(22,23)14-5-2-11(3-6-14)13-8-15-12(4-7-16(18)21)9-19-17(15)20-10-13/h2-10H,1H3,(H2,18,21)(H,19,20). The van der Waals surface area contributed by atoms with Gasteiger partial charge in [-0.25, -0.2) is 13.4 Å². The van der Waals surface area contributed by atoms with Crippen LogP contribution in [0.3, 0.4) is 0 Å². The summed E-state index contributed by atoms with van der Waals surface area (Å²) in [5, 5.41) is 0.845. The van der Waals surface area contributed by atoms with E-state index in [-0.39, 0.29) is 4.90 Å². The van der Waals surface area contributed by atoms with Crippen LogP contribution in [0.2, 0.25) is 0 Å². The molecule has 122 valence electrons. The molecule has 0 unspecified atom stereocenters. The zero-order chi connectivity index (χ0) is 17.3. The molecule has 0 saturated carbocycles. The van der Waals surface area contributed by atoms with Gasteiger partial charge in [-0.1, -0.05) is 12.1 Å². The summed E-state index contributed by atoms with van der Waals surface area (Å²) >= 11 is 0. The number of aromatic nitrogens is 2. The Labute approximate surface area is 138 Å². The van der Waals surface area contributed by atoms with Crippen molar-refractivity contribution in [2.24, 2.45) is 5.73 Å². The van der Waals surface area contributed by atoms with E-state index in [1.54, 1.807) is 42.7 Å². The Kier molecular flexibility index (Phi) is 3.94. The van der Waals surface area contributed by atoms with Crippen LogP contribution in [0, 0.1) is 0 Å². The number of nitrogens with two attached hydrogens (primary N) is 1. The number of primary amides is 1. The lowest BCUT2D eigenvalue weighted by Crippen LogP contribution is -2.04. The first-order valence-corrected chi connectivity index (χ1v) is 8.99. The molecule has 1 amide bonds. The van der Waals surface area contributed by atoms with Crippen molar-refractivity contribution >= 4 is 32.9 Å². The van der Waals surface area contributed by atoms with Gasteiger partial charge in [0.1, 0.15) is 5.65 Å². The number of hydrogen-bond acceptors (Lipinski definition) is 4. The Bertz CT molecular complexity index is 1050. The normalized spacial score (nSPS) is 12.0. The van der Waals surface area contributed by atoms with Gasteiger partial charge in [0.15, 0.2) is 9.84 Å². The summed E-state index contributed by atoms with van der Waals surface area (Å²) in [5.74, 6) is -0.523. The second-order valence-electron chi connectivity index (χ2n) is 5.40. The van der Waals surface area contributed by atoms with Crippen LogP contribution in [0.1, 0.15) is 5.56 Å². The van der Waals surface area contributed by atoms with Gasteiger partial charge in [-0.3, -0.25) is 4.79 Å². The molecule has 0 fully saturated rings. The minimum atomic E-state index is -3.22. The van der Waals surface area contributed by atoms with Crippen molar-refractivity contribution in [1.82, 2.24) is 9.97 Å². The molecule has 0 saturated heterocycles. The third kappa shape index (κ3) is 3.21. The molecule has 0 radical (unpaired) electrons. The third-order valence-electron chi connectivity index (χ3n) is 3.61. The summed E-state index contributed by atoms with van der Waals surface area (Å²) in [6.07, 6.45) is 7.53. The van der Waals surface area contributed by atoms with Gasteiger partial charge in [-0.15, -0.1) is 0 Å². The number of hydrogen-bond donors (Lipinski definition) is 2. The Morgan fingerprint density at radius 1 is 1.21 bits per heavy atom. The van der Waals surface area contributed by atoms with Crippen LogP contribution in [0.4, 0.5) is 0 Å². The lowest BCUT2D eigenvalue weighted by atomic mass is 10.1. The monoisotopic (exact) mass is 341 g/mol. The molecule has 0 spiro atoms. The second kappa shape index (κ2) is 5.93. The highest BCUT2D eigenvalue weighted by Gasteiger charge is 2.09. The maximum absolute atomic E-state index is 11.5. The fourth-order valence-corrected chi connectivity index (χ4v) is 3.02. The van der Waals surface area contributed by atoms with Gasteiger partial charge in [-0.05, 0) is 29.8 Å². The average Bonchev–Trinajstić information content (AvgIpc) is 2.94. The van der Waals surface area contributed by atoms with Crippen molar-refractivity contribution in [2.45, 2.75) is 4.90 Å². The van der Waals surface area contributed by atoms with Gasteiger partial charge in [-0.2, -0.15) is 0 Å². The molecular weight excluding hydrogens is 326 g/mol. The lowest BCUT2D eigenvalue weighted by molar-refractivity contribution is -0.113. The predicted octanol–water partition coefficient (Wildman–Crippen LogP) is 2.13. The maximum Gasteiger partial charge on any atom is 0.241 e. The van der Waals surface area contributed by atoms with E-state index in [1.165, 1.54) is 12.3 Å². The zero-order valence-electron chi connectivity index (χ0n) is 12.9. The molecule has 3 aromatic rings. The Balaban J connectivity index is 2.04. The van der Waals surface area contributed by atoms with Gasteiger partial charge < -0.3 is 10.7 Å². The largest absolute Gasteiger partial charge is 0.366 e. The van der Waals surface area contributed by atoms with Crippen LogP contribution in [-0.4, -0.2) is 30.5 Å². The molecule has 0 bridgehead atoms. The SMILES string of the molecule is CS(=O)(=O)c1ccc(-c2cnc3[nH]cc(C=CC(N)=O)c3c2)cc1. The second-order valence-corrected chi connectivity index (χ2v) is 7.41. The lowest BCUT2D eigenvalue weighted by Gasteiger charge is -2.04. The highest BCUT2D eigenvalue weighted by molar-refractivity contribution is 7.90. The van der Waals surface area contributed by atoms with E-state index in [0.29, 0.717) is 5.65 Å². The molecule has 2 aromatic heterocycles. The highest BCUT2D eigenvalue weighted by Crippen LogP contribution is 2.26. The number of carbonyl (C=O) groups is 1. The first-order chi connectivity index (χ1) is 11.3. The van der Waals surface area contributed by atoms with Crippen LogP contribution < -0.4 is 5.73 Å². The van der Waals surface area contributed by atoms with E-state index in [9.17, 15) is 13.2 Å². The van der Waals surface area contributed by atoms with Gasteiger partial charge in [0.25, 0.3) is 0 Å². The minimum Gasteiger partial charge on any atom is -0.366 e. The summed E-state index contributed by atoms with van der Waals surface area (Å²) in [5.41, 5.74) is 8.30. The van der Waals surface area contributed by atoms with Crippen LogP contribution >= 0.6 is 0 Å². The zero-order valence-corrected chi connectivity index (χ0v) is 13.7. The van der Waals surface area contributed by atoms with E-state index >= 15 is 0 Å².